The first-order valence-electron chi connectivity index (χ1n) is 9.03. The summed E-state index contributed by atoms with van der Waals surface area (Å²) in [6.07, 6.45) is 6.36. The number of hydrogen-bond donors (Lipinski definition) is 0. The second-order valence-corrected chi connectivity index (χ2v) is 8.47. The molecule has 6 heteroatoms. The first-order valence-corrected chi connectivity index (χ1v) is 9.03. The lowest BCUT2D eigenvalue weighted by atomic mass is 9.47. The third kappa shape index (κ3) is 1.50. The molecule has 1 saturated carbocycles. The lowest BCUT2D eigenvalue weighted by molar-refractivity contribution is -0.203. The molecule has 3 fully saturated rings. The van der Waals surface area contributed by atoms with Gasteiger partial charge in [0.2, 0.25) is 6.29 Å². The van der Waals surface area contributed by atoms with Gasteiger partial charge in [-0.3, -0.25) is 9.59 Å². The molecule has 0 unspecified atom stereocenters. The van der Waals surface area contributed by atoms with E-state index in [0.717, 1.165) is 18.4 Å². The maximum absolute atomic E-state index is 13.2. The Bertz CT molecular complexity index is 811. The number of carbonyl (C=O) groups is 2. The van der Waals surface area contributed by atoms with E-state index in [4.69, 9.17) is 18.9 Å². The highest BCUT2D eigenvalue weighted by molar-refractivity contribution is 5.83. The van der Waals surface area contributed by atoms with Crippen molar-refractivity contribution in [1.29, 1.82) is 0 Å². The second kappa shape index (κ2) is 4.60. The van der Waals surface area contributed by atoms with Gasteiger partial charge in [-0.2, -0.15) is 0 Å². The number of rotatable bonds is 2. The Morgan fingerprint density at radius 1 is 1.31 bits per heavy atom. The van der Waals surface area contributed by atoms with E-state index in [1.165, 1.54) is 7.11 Å². The zero-order valence-electron chi connectivity index (χ0n) is 15.1. The molecule has 5 aliphatic rings. The summed E-state index contributed by atoms with van der Waals surface area (Å²) in [5.41, 5.74) is -1.08. The van der Waals surface area contributed by atoms with Crippen LogP contribution in [0.1, 0.15) is 26.7 Å². The van der Waals surface area contributed by atoms with Crippen molar-refractivity contribution >= 4 is 11.9 Å². The number of allylic oxidation sites excluding steroid dienone is 1. The van der Waals surface area contributed by atoms with E-state index in [2.05, 4.69) is 6.58 Å². The molecule has 138 valence electrons. The fourth-order valence-electron chi connectivity index (χ4n) is 6.08. The lowest BCUT2D eigenvalue weighted by Crippen LogP contribution is -2.61. The van der Waals surface area contributed by atoms with E-state index >= 15 is 0 Å². The minimum absolute atomic E-state index is 0.0190. The summed E-state index contributed by atoms with van der Waals surface area (Å²) in [7, 11) is 1.46. The fraction of sp³-hybridized carbons (Fsp3) is 0.600. The fourth-order valence-corrected chi connectivity index (χ4v) is 6.08. The van der Waals surface area contributed by atoms with Gasteiger partial charge in [-0.05, 0) is 18.4 Å². The van der Waals surface area contributed by atoms with E-state index in [9.17, 15) is 9.59 Å². The van der Waals surface area contributed by atoms with Crippen LogP contribution in [0.3, 0.4) is 0 Å². The highest BCUT2D eigenvalue weighted by Crippen LogP contribution is 2.71. The molecule has 0 aromatic carbocycles. The maximum atomic E-state index is 13.2. The Balaban J connectivity index is 1.82. The maximum Gasteiger partial charge on any atom is 0.320 e. The molecule has 0 N–H and O–H groups in total. The minimum Gasteiger partial charge on any atom is -0.468 e. The molecule has 0 aromatic rings. The standard InChI is InChI=1S/C20H22O6/c1-5-18(2)7-6-12-19(3)11-8-10-9-13(23-4)24-16(22)14(18)20(10,12)26-17(19)25-15(11)21/h5,8-9,11-12,14,17H,1,6-7H2,2-4H3/t11-,12+,14+,17+,18+,19+,20-/m1/s1. The van der Waals surface area contributed by atoms with E-state index in [0.29, 0.717) is 0 Å². The van der Waals surface area contributed by atoms with Crippen molar-refractivity contribution < 1.29 is 28.5 Å². The second-order valence-electron chi connectivity index (χ2n) is 8.47. The van der Waals surface area contributed by atoms with Gasteiger partial charge in [0, 0.05) is 17.4 Å². The number of hydrogen-bond acceptors (Lipinski definition) is 6. The van der Waals surface area contributed by atoms with Crippen molar-refractivity contribution in [3.05, 3.63) is 36.3 Å². The van der Waals surface area contributed by atoms with Crippen LogP contribution in [0.25, 0.3) is 0 Å². The topological polar surface area (TPSA) is 71.1 Å². The molecule has 0 aromatic heterocycles. The predicted octanol–water partition coefficient (Wildman–Crippen LogP) is 2.46. The Labute approximate surface area is 151 Å². The van der Waals surface area contributed by atoms with Gasteiger partial charge in [-0.15, -0.1) is 6.58 Å². The molecular weight excluding hydrogens is 336 g/mol. The Morgan fingerprint density at radius 3 is 2.77 bits per heavy atom. The van der Waals surface area contributed by atoms with Gasteiger partial charge in [0.05, 0.1) is 24.4 Å². The lowest BCUT2D eigenvalue weighted by Gasteiger charge is -2.55. The summed E-state index contributed by atoms with van der Waals surface area (Å²) in [5, 5.41) is 0. The van der Waals surface area contributed by atoms with Crippen LogP contribution in [0.2, 0.25) is 0 Å². The first-order chi connectivity index (χ1) is 12.3. The molecule has 6 nitrogen and oxygen atoms in total. The van der Waals surface area contributed by atoms with Gasteiger partial charge >= 0.3 is 11.9 Å². The minimum atomic E-state index is -0.894. The molecule has 26 heavy (non-hydrogen) atoms. The normalized spacial score (nSPS) is 50.7. The van der Waals surface area contributed by atoms with Crippen LogP contribution in [0.5, 0.6) is 0 Å². The smallest absolute Gasteiger partial charge is 0.320 e. The number of cyclic esters (lactones) is 1. The van der Waals surface area contributed by atoms with Crippen LogP contribution >= 0.6 is 0 Å². The molecule has 1 spiro atoms. The Kier molecular flexibility index (Phi) is 2.85. The van der Waals surface area contributed by atoms with Gasteiger partial charge in [-0.1, -0.05) is 26.0 Å². The molecule has 3 heterocycles. The summed E-state index contributed by atoms with van der Waals surface area (Å²) in [6, 6.07) is 0. The monoisotopic (exact) mass is 358 g/mol. The van der Waals surface area contributed by atoms with Crippen LogP contribution in [-0.4, -0.2) is 30.9 Å². The van der Waals surface area contributed by atoms with Gasteiger partial charge in [0.25, 0.3) is 5.95 Å². The quantitative estimate of drug-likeness (QED) is 0.558. The summed E-state index contributed by atoms with van der Waals surface area (Å²) in [6.45, 7) is 8.05. The van der Waals surface area contributed by atoms with E-state index in [1.54, 1.807) is 6.08 Å². The Hall–Kier alpha value is -2.08. The van der Waals surface area contributed by atoms with Crippen LogP contribution in [0, 0.1) is 28.6 Å². The predicted molar refractivity (Wildman–Crippen MR) is 89.1 cm³/mol. The number of ether oxygens (including phenoxy) is 4. The zero-order valence-corrected chi connectivity index (χ0v) is 15.1. The summed E-state index contributed by atoms with van der Waals surface area (Å²) >= 11 is 0. The van der Waals surface area contributed by atoms with Crippen molar-refractivity contribution in [3.8, 4) is 0 Å². The molecule has 2 saturated heterocycles. The van der Waals surface area contributed by atoms with Gasteiger partial charge in [0.15, 0.2) is 0 Å². The summed E-state index contributed by atoms with van der Waals surface area (Å²) in [4.78, 5) is 25.6. The molecule has 0 radical (unpaired) electrons. The molecule has 0 amide bonds. The molecule has 3 aliphatic heterocycles. The van der Waals surface area contributed by atoms with E-state index < -0.39 is 28.6 Å². The van der Waals surface area contributed by atoms with Crippen LogP contribution < -0.4 is 0 Å². The summed E-state index contributed by atoms with van der Waals surface area (Å²) in [5.74, 6) is -1.52. The molecule has 2 aliphatic carbocycles. The number of carbonyl (C=O) groups excluding carboxylic acids is 2. The number of methoxy groups -OCH3 is 1. The molecule has 7 atom stereocenters. The van der Waals surface area contributed by atoms with Crippen molar-refractivity contribution in [3.63, 3.8) is 0 Å². The van der Waals surface area contributed by atoms with Crippen molar-refractivity contribution in [1.82, 2.24) is 0 Å². The number of esters is 2. The largest absolute Gasteiger partial charge is 0.468 e. The molecular formula is C20H22O6. The zero-order chi connectivity index (χ0) is 18.5. The van der Waals surface area contributed by atoms with Crippen molar-refractivity contribution in [2.75, 3.05) is 7.11 Å². The Morgan fingerprint density at radius 2 is 2.08 bits per heavy atom. The highest BCUT2D eigenvalue weighted by Gasteiger charge is 2.79. The van der Waals surface area contributed by atoms with Crippen LogP contribution in [0.4, 0.5) is 0 Å². The highest BCUT2D eigenvalue weighted by atomic mass is 16.7. The molecule has 2 bridgehead atoms. The van der Waals surface area contributed by atoms with Crippen LogP contribution in [0.15, 0.2) is 36.3 Å². The van der Waals surface area contributed by atoms with Crippen molar-refractivity contribution in [2.24, 2.45) is 28.6 Å². The van der Waals surface area contributed by atoms with Crippen molar-refractivity contribution in [2.45, 2.75) is 38.6 Å². The summed E-state index contributed by atoms with van der Waals surface area (Å²) < 4.78 is 22.9. The van der Waals surface area contributed by atoms with Gasteiger partial charge < -0.3 is 18.9 Å². The molecule has 5 rings (SSSR count). The first kappa shape index (κ1) is 16.1. The van der Waals surface area contributed by atoms with E-state index in [-0.39, 0.29) is 29.7 Å². The third-order valence-corrected chi connectivity index (χ3v) is 7.46. The third-order valence-electron chi connectivity index (χ3n) is 7.46. The SMILES string of the molecule is C=C[C@@]1(C)CC[C@@H]2[C@]34O[C@@H]5OC(=O)[C@@H](C=C3C=C(OC)OC(=O)[C@H]41)[C@]52C. The average Bonchev–Trinajstić information content (AvgIpc) is 2.88. The van der Waals surface area contributed by atoms with Gasteiger partial charge in [0.1, 0.15) is 5.60 Å². The van der Waals surface area contributed by atoms with Crippen LogP contribution in [-0.2, 0) is 28.5 Å². The van der Waals surface area contributed by atoms with Gasteiger partial charge in [-0.25, -0.2) is 0 Å². The van der Waals surface area contributed by atoms with E-state index in [1.807, 2.05) is 26.0 Å². The average molecular weight is 358 g/mol.